The van der Waals surface area contributed by atoms with E-state index in [2.05, 4.69) is 40.3 Å². The van der Waals surface area contributed by atoms with Gasteiger partial charge in [0.1, 0.15) is 0 Å². The van der Waals surface area contributed by atoms with Crippen molar-refractivity contribution in [3.05, 3.63) is 80.9 Å². The normalized spacial score (nSPS) is 11.0. The molecule has 0 aromatic carbocycles. The summed E-state index contributed by atoms with van der Waals surface area (Å²) in [6.07, 6.45) is 0. The van der Waals surface area contributed by atoms with Crippen molar-refractivity contribution in [3.8, 4) is 0 Å². The third kappa shape index (κ3) is 5.24. The smallest absolute Gasteiger partial charge is 0.390 e. The maximum Gasteiger partial charge on any atom is 1.00 e. The Morgan fingerprint density at radius 1 is 0.370 bits per heavy atom. The van der Waals surface area contributed by atoms with Gasteiger partial charge in [-0.25, -0.2) is 0 Å². The van der Waals surface area contributed by atoms with Gasteiger partial charge in [-0.05, 0) is 39.4 Å². The van der Waals surface area contributed by atoms with Crippen LogP contribution < -0.4 is 51.4 Å². The molecule has 0 amide bonds. The Bertz CT molecular complexity index is 1740. The second-order valence-corrected chi connectivity index (χ2v) is 7.38. The van der Waals surface area contributed by atoms with Crippen molar-refractivity contribution >= 4 is 54.3 Å². The summed E-state index contributed by atoms with van der Waals surface area (Å²) in [6, 6.07) is 0. The van der Waals surface area contributed by atoms with E-state index in [9.17, 15) is 80.9 Å². The predicted octanol–water partition coefficient (Wildman–Crippen LogP) is -5.75. The molecule has 0 fully saturated rings. The average Bonchev–Trinajstić information content (AvgIpc) is 3.73. The first-order valence-electron chi connectivity index (χ1n) is 10.1. The van der Waals surface area contributed by atoms with E-state index in [4.69, 9.17) is 0 Å². The Labute approximate surface area is 283 Å². The van der Waals surface area contributed by atoms with Crippen LogP contribution in [-0.4, -0.2) is 105 Å². The number of nitrogens with zero attached hydrogens (tertiary/aromatic N) is 20. The maximum atomic E-state index is 12.0. The molecule has 0 bridgehead atoms. The predicted molar refractivity (Wildman–Crippen MR) is 121 cm³/mol. The quantitative estimate of drug-likeness (QED) is 0.0762. The zero-order chi connectivity index (χ0) is 33.7. The molecular weight excluding hydrogens is 682 g/mol. The number of hydrogen-bond acceptors (Lipinski definition) is 24. The molecule has 0 atom stereocenters. The van der Waals surface area contributed by atoms with Crippen molar-refractivity contribution < 1.29 is 90.8 Å². The van der Waals surface area contributed by atoms with Gasteiger partial charge in [-0.3, -0.25) is 0 Å². The first-order valence-corrected chi connectivity index (χ1v) is 10.1. The van der Waals surface area contributed by atoms with Crippen LogP contribution in [0.5, 0.6) is 0 Å². The van der Waals surface area contributed by atoms with Crippen LogP contribution in [0.25, 0.3) is 0 Å². The Morgan fingerprint density at radius 3 is 0.674 bits per heavy atom. The van der Waals surface area contributed by atoms with E-state index < -0.39 is 112 Å². The average molecular weight is 682 g/mol. The molecule has 36 nitrogen and oxygen atoms in total. The third-order valence-electron chi connectivity index (χ3n) is 5.03. The van der Waals surface area contributed by atoms with Crippen LogP contribution in [0.4, 0.5) is 47.6 Å². The van der Waals surface area contributed by atoms with Crippen molar-refractivity contribution in [2.24, 2.45) is 0 Å². The molecule has 0 unspecified atom stereocenters. The number of nitro groups is 8. The molecule has 0 radical (unpaired) electrons. The van der Waals surface area contributed by atoms with E-state index in [1.165, 1.54) is 0 Å². The first kappa shape index (κ1) is 34.0. The third-order valence-corrected chi connectivity index (χ3v) is 5.03. The fourth-order valence-corrected chi connectivity index (χ4v) is 3.57. The number of aromatic nitrogens is 12. The summed E-state index contributed by atoms with van der Waals surface area (Å²) in [6.45, 7) is -5.52. The standard InChI is InChI=1S/C8BN20O16.K/c30-22(31)1-10-5(26(38)39)18(14-1)9(19-6(27(40)41)11-2(15-19)23(32)33,20-7(28(42)43)12-3(16-20)24(34)35)21-8(29(44)45)13-4(17-21)25(36)37;/q-1;+1. The largest absolute Gasteiger partial charge is 1.00 e. The topological polar surface area (TPSA) is 468 Å². The van der Waals surface area contributed by atoms with Gasteiger partial charge in [0.05, 0.1) is 20.4 Å². The molecule has 0 saturated heterocycles. The van der Waals surface area contributed by atoms with Crippen molar-refractivity contribution in [3.63, 3.8) is 0 Å². The summed E-state index contributed by atoms with van der Waals surface area (Å²) in [5.41, 5.74) is 0. The van der Waals surface area contributed by atoms with Crippen LogP contribution in [0.3, 0.4) is 0 Å². The Morgan fingerprint density at radius 2 is 0.543 bits per heavy atom. The monoisotopic (exact) mass is 682 g/mol. The van der Waals surface area contributed by atoms with E-state index in [1.807, 2.05) is 0 Å². The van der Waals surface area contributed by atoms with Crippen LogP contribution in [-0.2, 0) is 0 Å². The van der Waals surface area contributed by atoms with Crippen molar-refractivity contribution in [2.75, 3.05) is 0 Å². The number of rotatable bonds is 12. The van der Waals surface area contributed by atoms with E-state index in [0.29, 0.717) is 0 Å². The van der Waals surface area contributed by atoms with Crippen LogP contribution in [0.15, 0.2) is 0 Å². The molecule has 4 aromatic heterocycles. The van der Waals surface area contributed by atoms with Gasteiger partial charge in [-0.2, -0.15) is 0 Å². The Balaban J connectivity index is 0.00000576. The minimum atomic E-state index is -5.52. The van der Waals surface area contributed by atoms with Crippen LogP contribution >= 0.6 is 0 Å². The van der Waals surface area contributed by atoms with Gasteiger partial charge in [0.2, 0.25) is 0 Å². The molecule has 4 aromatic rings. The molecule has 46 heavy (non-hydrogen) atoms. The Kier molecular flexibility index (Phi) is 8.75. The molecule has 0 N–H and O–H groups in total. The van der Waals surface area contributed by atoms with Crippen LogP contribution in [0, 0.1) is 80.9 Å². The minimum absolute atomic E-state index is 0. The summed E-state index contributed by atoms with van der Waals surface area (Å²) < 4.78 is -2.67. The zero-order valence-corrected chi connectivity index (χ0v) is 24.2. The molecule has 232 valence electrons. The summed E-state index contributed by atoms with van der Waals surface area (Å²) in [5.74, 6) is -15.8. The molecule has 4 heterocycles. The van der Waals surface area contributed by atoms with Gasteiger partial charge < -0.3 is 80.9 Å². The fraction of sp³-hybridized carbons (Fsp3) is 0. The van der Waals surface area contributed by atoms with E-state index >= 15 is 0 Å². The van der Waals surface area contributed by atoms with Gasteiger partial charge in [-0.1, -0.05) is 0 Å². The zero-order valence-electron chi connectivity index (χ0n) is 21.1. The Hall–Kier alpha value is -6.54. The van der Waals surface area contributed by atoms with Gasteiger partial charge in [0.15, 0.2) is 0 Å². The van der Waals surface area contributed by atoms with Crippen molar-refractivity contribution in [1.29, 1.82) is 0 Å². The molecular formula is C8BKN20O16. The van der Waals surface area contributed by atoms with Crippen LogP contribution in [0.1, 0.15) is 0 Å². The van der Waals surface area contributed by atoms with Gasteiger partial charge in [0.25, 0.3) is 0 Å². The fourth-order valence-electron chi connectivity index (χ4n) is 3.57. The number of hydrogen-bond donors (Lipinski definition) is 0. The molecule has 4 rings (SSSR count). The summed E-state index contributed by atoms with van der Waals surface area (Å²) in [5, 5.41) is 106. The van der Waals surface area contributed by atoms with E-state index in [1.54, 1.807) is 0 Å². The molecule has 38 heteroatoms. The van der Waals surface area contributed by atoms with E-state index in [0.717, 1.165) is 0 Å². The maximum absolute atomic E-state index is 12.0. The summed E-state index contributed by atoms with van der Waals surface area (Å²) in [7, 11) is 0. The minimum Gasteiger partial charge on any atom is -0.390 e. The van der Waals surface area contributed by atoms with Gasteiger partial charge >= 0.3 is 106 Å². The summed E-state index contributed by atoms with van der Waals surface area (Å²) in [4.78, 5) is 92.2. The molecule has 0 aliphatic heterocycles. The van der Waals surface area contributed by atoms with Crippen LogP contribution in [0.2, 0.25) is 0 Å². The van der Waals surface area contributed by atoms with Crippen molar-refractivity contribution in [2.45, 2.75) is 0 Å². The molecule has 0 saturated carbocycles. The first-order chi connectivity index (χ1) is 20.9. The second kappa shape index (κ2) is 11.9. The van der Waals surface area contributed by atoms with E-state index in [-0.39, 0.29) is 51.4 Å². The second-order valence-electron chi connectivity index (χ2n) is 7.38. The molecule has 0 aliphatic carbocycles. The SMILES string of the molecule is O=[N+]([O-])c1nc([N+](=O)[O-])n([B-](n2nc([N+](=O)[O-])nc2[N+](=O)[O-])(n2nc([N+](=O)[O-])nc2[N+](=O)[O-])n2nc([N+](=O)[O-])nc2[N+](=O)[O-])n1.[K+]. The molecule has 0 aliphatic rings. The summed E-state index contributed by atoms with van der Waals surface area (Å²) >= 11 is 0. The molecule has 0 spiro atoms. The van der Waals surface area contributed by atoms with Gasteiger partial charge in [0, 0.05) is 19.9 Å². The van der Waals surface area contributed by atoms with Crippen molar-refractivity contribution in [1.82, 2.24) is 58.7 Å². The van der Waals surface area contributed by atoms with Gasteiger partial charge in [-0.15, -0.1) is 18.4 Å².